The molecule has 0 aliphatic carbocycles. The van der Waals surface area contributed by atoms with Gasteiger partial charge in [0.2, 0.25) is 0 Å². The van der Waals surface area contributed by atoms with Crippen LogP contribution in [0, 0.1) is 0 Å². The van der Waals surface area contributed by atoms with Gasteiger partial charge in [-0.15, -0.1) is 6.58 Å². The van der Waals surface area contributed by atoms with Crippen molar-refractivity contribution in [1.82, 2.24) is 9.80 Å². The van der Waals surface area contributed by atoms with E-state index in [1.165, 1.54) is 18.0 Å². The van der Waals surface area contributed by atoms with Crippen LogP contribution < -0.4 is 0 Å². The largest absolute Gasteiger partial charge is 0.280 e. The highest BCUT2D eigenvalue weighted by Crippen LogP contribution is 2.34. The number of nitrogens with zero attached hydrogens (tertiary/aromatic N) is 2. The molecular weight excluding hydrogens is 248 g/mol. The molecule has 3 heteroatoms. The summed E-state index contributed by atoms with van der Waals surface area (Å²) >= 11 is 0. The van der Waals surface area contributed by atoms with E-state index in [4.69, 9.17) is 0 Å². The van der Waals surface area contributed by atoms with Gasteiger partial charge in [0.15, 0.2) is 0 Å². The third-order valence-corrected chi connectivity index (χ3v) is 4.96. The van der Waals surface area contributed by atoms with Gasteiger partial charge in [0.05, 0.1) is 5.66 Å². The molecule has 0 unspecified atom stereocenters. The number of hydrogen-bond acceptors (Lipinski definition) is 2. The molecule has 19 heavy (non-hydrogen) atoms. The van der Waals surface area contributed by atoms with Gasteiger partial charge in [-0.1, -0.05) is 32.4 Å². The van der Waals surface area contributed by atoms with Crippen molar-refractivity contribution in [3.05, 3.63) is 11.8 Å². The van der Waals surface area contributed by atoms with Crippen LogP contribution in [0.5, 0.6) is 0 Å². The van der Waals surface area contributed by atoms with Gasteiger partial charge < -0.3 is 0 Å². The fraction of sp³-hybridized carbons (Fsp3) is 0.875. The first-order valence-electron chi connectivity index (χ1n) is 7.98. The van der Waals surface area contributed by atoms with Crippen molar-refractivity contribution in [2.45, 2.75) is 79.1 Å². The van der Waals surface area contributed by atoms with Crippen molar-refractivity contribution in [2.24, 2.45) is 0 Å². The highest BCUT2D eigenvalue weighted by Gasteiger charge is 2.42. The summed E-state index contributed by atoms with van der Waals surface area (Å²) in [6.45, 7) is 22.7. The van der Waals surface area contributed by atoms with Crippen LogP contribution in [0.4, 0.5) is 0 Å². The average molecular weight is 285 g/mol. The average Bonchev–Trinajstić information content (AvgIpc) is 2.29. The number of likely N-dealkylation sites (N-methyl/N-ethyl adjacent to an activating group) is 2. The van der Waals surface area contributed by atoms with E-state index in [9.17, 15) is 0 Å². The number of rotatable bonds is 9. The maximum Gasteiger partial charge on any atom is 0.0915 e. The maximum absolute atomic E-state index is 4.43. The molecule has 0 rings (SSSR count). The summed E-state index contributed by atoms with van der Waals surface area (Å²) in [6.07, 6.45) is 2.39. The van der Waals surface area contributed by atoms with Gasteiger partial charge in [0.25, 0.3) is 0 Å². The predicted molar refractivity (Wildman–Crippen MR) is 91.8 cm³/mol. The van der Waals surface area contributed by atoms with Crippen LogP contribution in [0.1, 0.15) is 61.3 Å². The third-order valence-electron chi connectivity index (χ3n) is 4.16. The van der Waals surface area contributed by atoms with E-state index < -0.39 is 0 Å². The molecule has 0 fully saturated rings. The fourth-order valence-electron chi connectivity index (χ4n) is 3.61. The molecule has 2 nitrogen and oxygen atoms in total. The molecule has 0 aliphatic heterocycles. The van der Waals surface area contributed by atoms with Crippen molar-refractivity contribution in [3.63, 3.8) is 0 Å². The Balaban J connectivity index is 5.84. The predicted octanol–water partition coefficient (Wildman–Crippen LogP) is 2.82. The third kappa shape index (κ3) is 3.93. The molecule has 0 saturated carbocycles. The lowest BCUT2D eigenvalue weighted by Crippen LogP contribution is -2.65. The van der Waals surface area contributed by atoms with Crippen LogP contribution in [0.3, 0.4) is 0 Å². The van der Waals surface area contributed by atoms with Crippen LogP contribution in [-0.4, -0.2) is 50.9 Å². The zero-order valence-corrected chi connectivity index (χ0v) is 16.6. The molecule has 0 radical (unpaired) electrons. The molecule has 0 bridgehead atoms. The SMILES string of the molecule is C=C([SiH3])C(CCC)(N(CC)C(C)C)N(CC)C(C)C. The quantitative estimate of drug-likeness (QED) is 0.474. The van der Waals surface area contributed by atoms with Gasteiger partial charge in [0.1, 0.15) is 0 Å². The molecule has 0 N–H and O–H groups in total. The summed E-state index contributed by atoms with van der Waals surface area (Å²) < 4.78 is 0. The molecule has 0 aromatic rings. The van der Waals surface area contributed by atoms with Crippen molar-refractivity contribution < 1.29 is 0 Å². The first kappa shape index (κ1) is 18.9. The van der Waals surface area contributed by atoms with E-state index in [0.717, 1.165) is 23.3 Å². The molecule has 0 saturated heterocycles. The molecule has 0 aliphatic rings. The molecular formula is C16H36N2Si. The van der Waals surface area contributed by atoms with E-state index >= 15 is 0 Å². The minimum absolute atomic E-state index is 0.0623. The zero-order valence-electron chi connectivity index (χ0n) is 14.6. The lowest BCUT2D eigenvalue weighted by Gasteiger charge is -2.55. The van der Waals surface area contributed by atoms with Gasteiger partial charge >= 0.3 is 0 Å². The second-order valence-corrected chi connectivity index (χ2v) is 7.31. The summed E-state index contributed by atoms with van der Waals surface area (Å²) in [5.41, 5.74) is 0.0623. The Labute approximate surface area is 124 Å². The molecule has 0 aromatic heterocycles. The molecule has 0 atom stereocenters. The Morgan fingerprint density at radius 1 is 1.00 bits per heavy atom. The van der Waals surface area contributed by atoms with E-state index in [1.807, 2.05) is 0 Å². The lowest BCUT2D eigenvalue weighted by molar-refractivity contribution is -0.0615. The van der Waals surface area contributed by atoms with Crippen molar-refractivity contribution in [3.8, 4) is 0 Å². The normalized spacial score (nSPS) is 13.2. The summed E-state index contributed by atoms with van der Waals surface area (Å²) in [7, 11) is 1.06. The summed E-state index contributed by atoms with van der Waals surface area (Å²) in [4.78, 5) is 5.30. The van der Waals surface area contributed by atoms with E-state index in [0.29, 0.717) is 12.1 Å². The van der Waals surface area contributed by atoms with Crippen LogP contribution >= 0.6 is 0 Å². The standard InChI is InChI=1S/C16H36N2Si/c1-9-12-16(15(8)19,17(10-2)13(4)5)18(11-3)14(6)7/h13-14H,8-12H2,1-7,19H3. The first-order valence-corrected chi connectivity index (χ1v) is 8.98. The van der Waals surface area contributed by atoms with Crippen LogP contribution in [-0.2, 0) is 0 Å². The molecule has 0 amide bonds. The van der Waals surface area contributed by atoms with E-state index in [1.54, 1.807) is 0 Å². The minimum atomic E-state index is 0.0623. The maximum atomic E-state index is 4.43. The van der Waals surface area contributed by atoms with Gasteiger partial charge in [-0.2, -0.15) is 0 Å². The van der Waals surface area contributed by atoms with Crippen molar-refractivity contribution >= 4 is 10.2 Å². The van der Waals surface area contributed by atoms with E-state index in [-0.39, 0.29) is 5.66 Å². The minimum Gasteiger partial charge on any atom is -0.280 e. The Morgan fingerprint density at radius 2 is 1.37 bits per heavy atom. The van der Waals surface area contributed by atoms with Crippen LogP contribution in [0.15, 0.2) is 11.8 Å². The Hall–Kier alpha value is -0.123. The second kappa shape index (κ2) is 8.23. The van der Waals surface area contributed by atoms with Gasteiger partial charge in [0, 0.05) is 22.3 Å². The first-order chi connectivity index (χ1) is 8.79. The van der Waals surface area contributed by atoms with E-state index in [2.05, 4.69) is 64.8 Å². The second-order valence-electron chi connectivity index (χ2n) is 6.11. The Kier molecular flexibility index (Phi) is 8.17. The van der Waals surface area contributed by atoms with Crippen molar-refractivity contribution in [1.29, 1.82) is 0 Å². The Bertz CT molecular complexity index is 258. The summed E-state index contributed by atoms with van der Waals surface area (Å²) in [5, 5.41) is 1.42. The van der Waals surface area contributed by atoms with Gasteiger partial charge in [-0.3, -0.25) is 9.80 Å². The molecule has 0 aromatic carbocycles. The Morgan fingerprint density at radius 3 is 1.53 bits per heavy atom. The molecule has 114 valence electrons. The van der Waals surface area contributed by atoms with Crippen molar-refractivity contribution in [2.75, 3.05) is 13.1 Å². The summed E-state index contributed by atoms with van der Waals surface area (Å²) in [5.74, 6) is 0. The van der Waals surface area contributed by atoms with Gasteiger partial charge in [-0.25, -0.2) is 0 Å². The molecule has 0 spiro atoms. The van der Waals surface area contributed by atoms with Crippen LogP contribution in [0.25, 0.3) is 0 Å². The van der Waals surface area contributed by atoms with Gasteiger partial charge in [-0.05, 0) is 47.2 Å². The number of hydrogen-bond donors (Lipinski definition) is 0. The zero-order chi connectivity index (χ0) is 15.2. The highest BCUT2D eigenvalue weighted by molar-refractivity contribution is 6.22. The topological polar surface area (TPSA) is 6.48 Å². The van der Waals surface area contributed by atoms with Crippen LogP contribution in [0.2, 0.25) is 0 Å². The smallest absolute Gasteiger partial charge is 0.0915 e. The lowest BCUT2D eigenvalue weighted by atomic mass is 9.95. The summed E-state index contributed by atoms with van der Waals surface area (Å²) in [6, 6.07) is 1.10. The monoisotopic (exact) mass is 284 g/mol. The fourth-order valence-corrected chi connectivity index (χ4v) is 4.44. The molecule has 0 heterocycles. The highest BCUT2D eigenvalue weighted by atomic mass is 28.1.